The third kappa shape index (κ3) is 3.45. The Kier molecular flexibility index (Phi) is 4.55. The van der Waals surface area contributed by atoms with Gasteiger partial charge in [-0.2, -0.15) is 0 Å². The minimum Gasteiger partial charge on any atom is -0.467 e. The number of carbonyl (C=O) groups excluding carboxylic acids is 1. The summed E-state index contributed by atoms with van der Waals surface area (Å²) in [6.07, 6.45) is 5.69. The number of rotatable bonds is 5. The average Bonchev–Trinajstić information content (AvgIpc) is 3.26. The van der Waals surface area contributed by atoms with Crippen molar-refractivity contribution in [2.75, 3.05) is 19.8 Å². The lowest BCUT2D eigenvalue weighted by Gasteiger charge is -2.36. The third-order valence-corrected chi connectivity index (χ3v) is 5.10. The molecule has 0 radical (unpaired) electrons. The summed E-state index contributed by atoms with van der Waals surface area (Å²) in [6.45, 7) is 1.57. The highest BCUT2D eigenvalue weighted by Crippen LogP contribution is 2.48. The van der Waals surface area contributed by atoms with Crippen LogP contribution in [0.2, 0.25) is 0 Å². The Bertz CT molecular complexity index is 703. The van der Waals surface area contributed by atoms with Crippen molar-refractivity contribution in [3.8, 4) is 0 Å². The third-order valence-electron chi connectivity index (χ3n) is 5.10. The first-order valence-corrected chi connectivity index (χ1v) is 8.73. The fraction of sp³-hybridized carbons (Fsp3) is 0.474. The normalized spacial score (nSPS) is 27.1. The zero-order valence-corrected chi connectivity index (χ0v) is 14.0. The molecule has 1 saturated heterocycles. The number of nitrogens with zero attached hydrogens (tertiary/aromatic N) is 2. The van der Waals surface area contributed by atoms with Crippen LogP contribution in [0.5, 0.6) is 0 Å². The number of hydrogen-bond acceptors (Lipinski definition) is 5. The summed E-state index contributed by atoms with van der Waals surface area (Å²) in [5.74, 6) is 0.969. The maximum absolute atomic E-state index is 13.0. The van der Waals surface area contributed by atoms with Crippen molar-refractivity contribution >= 4 is 5.91 Å². The van der Waals surface area contributed by atoms with Crippen LogP contribution in [-0.4, -0.2) is 46.7 Å². The molecule has 25 heavy (non-hydrogen) atoms. The first-order valence-electron chi connectivity index (χ1n) is 8.73. The van der Waals surface area contributed by atoms with Crippen LogP contribution in [0.1, 0.15) is 36.2 Å². The van der Waals surface area contributed by atoms with Gasteiger partial charge in [0.2, 0.25) is 5.91 Å². The van der Waals surface area contributed by atoms with E-state index in [2.05, 4.69) is 4.98 Å². The van der Waals surface area contributed by atoms with E-state index in [1.165, 1.54) is 0 Å². The van der Waals surface area contributed by atoms with E-state index in [1.807, 2.05) is 23.2 Å². The van der Waals surface area contributed by atoms with E-state index < -0.39 is 6.10 Å². The highest BCUT2D eigenvalue weighted by molar-refractivity contribution is 5.83. The molecule has 2 aromatic rings. The van der Waals surface area contributed by atoms with Crippen molar-refractivity contribution in [1.29, 1.82) is 0 Å². The van der Waals surface area contributed by atoms with Gasteiger partial charge in [-0.1, -0.05) is 6.07 Å². The van der Waals surface area contributed by atoms with E-state index in [0.29, 0.717) is 31.9 Å². The fourth-order valence-corrected chi connectivity index (χ4v) is 3.64. The number of hydrogen-bond donors (Lipinski definition) is 1. The molecule has 1 amide bonds. The summed E-state index contributed by atoms with van der Waals surface area (Å²) in [5.41, 5.74) is 1.13. The maximum atomic E-state index is 13.0. The van der Waals surface area contributed by atoms with Crippen LogP contribution in [0, 0.1) is 5.92 Å². The molecule has 4 rings (SSSR count). The molecule has 1 N–H and O–H groups in total. The number of ether oxygens (including phenoxy) is 1. The Morgan fingerprint density at radius 3 is 3.08 bits per heavy atom. The highest BCUT2D eigenvalue weighted by atomic mass is 16.5. The Morgan fingerprint density at radius 2 is 2.32 bits per heavy atom. The lowest BCUT2D eigenvalue weighted by molar-refractivity contribution is -0.142. The summed E-state index contributed by atoms with van der Waals surface area (Å²) in [7, 11) is 0. The average molecular weight is 342 g/mol. The predicted molar refractivity (Wildman–Crippen MR) is 89.7 cm³/mol. The fourth-order valence-electron chi connectivity index (χ4n) is 3.64. The minimum atomic E-state index is -0.731. The van der Waals surface area contributed by atoms with Crippen molar-refractivity contribution in [3.05, 3.63) is 54.2 Å². The largest absolute Gasteiger partial charge is 0.467 e. The maximum Gasteiger partial charge on any atom is 0.226 e. The van der Waals surface area contributed by atoms with Gasteiger partial charge in [-0.3, -0.25) is 9.78 Å². The number of amides is 1. The van der Waals surface area contributed by atoms with Gasteiger partial charge in [-0.15, -0.1) is 0 Å². The molecule has 3 heterocycles. The molecule has 4 atom stereocenters. The first kappa shape index (κ1) is 16.3. The van der Waals surface area contributed by atoms with Gasteiger partial charge >= 0.3 is 0 Å². The Hall–Kier alpha value is -2.18. The molecule has 0 bridgehead atoms. The lowest BCUT2D eigenvalue weighted by Crippen LogP contribution is -2.50. The second-order valence-electron chi connectivity index (χ2n) is 6.76. The van der Waals surface area contributed by atoms with Crippen molar-refractivity contribution in [2.24, 2.45) is 5.92 Å². The molecule has 1 aliphatic carbocycles. The van der Waals surface area contributed by atoms with Gasteiger partial charge in [0.1, 0.15) is 11.9 Å². The zero-order valence-electron chi connectivity index (χ0n) is 14.0. The van der Waals surface area contributed by atoms with Gasteiger partial charge in [0.15, 0.2) is 0 Å². The number of furan rings is 1. The van der Waals surface area contributed by atoms with Crippen LogP contribution in [0.25, 0.3) is 0 Å². The van der Waals surface area contributed by atoms with Crippen molar-refractivity contribution in [3.63, 3.8) is 0 Å². The molecule has 1 saturated carbocycles. The summed E-state index contributed by atoms with van der Waals surface area (Å²) in [6, 6.07) is 7.31. The monoisotopic (exact) mass is 342 g/mol. The molecule has 2 fully saturated rings. The van der Waals surface area contributed by atoms with E-state index in [0.717, 1.165) is 12.0 Å². The molecule has 2 unspecified atom stereocenters. The molecule has 6 heteroatoms. The second-order valence-corrected chi connectivity index (χ2v) is 6.76. The summed E-state index contributed by atoms with van der Waals surface area (Å²) < 4.78 is 10.8. The summed E-state index contributed by atoms with van der Waals surface area (Å²) >= 11 is 0. The van der Waals surface area contributed by atoms with E-state index in [4.69, 9.17) is 9.15 Å². The highest BCUT2D eigenvalue weighted by Gasteiger charge is 2.47. The molecular weight excluding hydrogens is 320 g/mol. The Labute approximate surface area is 146 Å². The molecular formula is C19H22N2O4. The molecule has 0 aromatic carbocycles. The van der Waals surface area contributed by atoms with Crippen LogP contribution in [0.15, 0.2) is 47.3 Å². The minimum absolute atomic E-state index is 0.0190. The van der Waals surface area contributed by atoms with Crippen molar-refractivity contribution in [2.45, 2.75) is 30.9 Å². The van der Waals surface area contributed by atoms with Crippen LogP contribution in [0.3, 0.4) is 0 Å². The van der Waals surface area contributed by atoms with E-state index in [1.54, 1.807) is 24.6 Å². The Morgan fingerprint density at radius 1 is 1.40 bits per heavy atom. The van der Waals surface area contributed by atoms with Crippen molar-refractivity contribution in [1.82, 2.24) is 9.88 Å². The van der Waals surface area contributed by atoms with Crippen molar-refractivity contribution < 1.29 is 19.1 Å². The molecule has 6 nitrogen and oxygen atoms in total. The lowest BCUT2D eigenvalue weighted by atomic mass is 10.0. The predicted octanol–water partition coefficient (Wildman–Crippen LogP) is 2.13. The SMILES string of the molecule is O=C([C@@H]1C[C@H]1c1cccnc1)N1CCOCC1CC(O)c1ccco1. The van der Waals surface area contributed by atoms with Gasteiger partial charge in [-0.25, -0.2) is 0 Å². The first-order chi connectivity index (χ1) is 12.2. The van der Waals surface area contributed by atoms with Crippen LogP contribution in [-0.2, 0) is 9.53 Å². The van der Waals surface area contributed by atoms with E-state index >= 15 is 0 Å². The van der Waals surface area contributed by atoms with Crippen LogP contribution >= 0.6 is 0 Å². The van der Waals surface area contributed by atoms with E-state index in [9.17, 15) is 9.90 Å². The quantitative estimate of drug-likeness (QED) is 0.901. The number of pyridine rings is 1. The van der Waals surface area contributed by atoms with Crippen LogP contribution < -0.4 is 0 Å². The standard InChI is InChI=1S/C19H22N2O4/c22-17(18-4-2-7-25-18)9-14-12-24-8-6-21(14)19(23)16-10-15(16)13-3-1-5-20-11-13/h1-5,7,11,14-17,22H,6,8-10,12H2/t14?,15-,16+,17?/m0/s1. The number of aromatic nitrogens is 1. The molecule has 0 spiro atoms. The molecule has 132 valence electrons. The summed E-state index contributed by atoms with van der Waals surface area (Å²) in [5, 5.41) is 10.3. The van der Waals surface area contributed by atoms with E-state index in [-0.39, 0.29) is 23.8 Å². The number of aliphatic hydroxyl groups excluding tert-OH is 1. The van der Waals surface area contributed by atoms with Crippen LogP contribution in [0.4, 0.5) is 0 Å². The molecule has 2 aliphatic rings. The number of aliphatic hydroxyl groups is 1. The van der Waals surface area contributed by atoms with Gasteiger partial charge in [0.05, 0.1) is 25.5 Å². The Balaban J connectivity index is 1.42. The zero-order chi connectivity index (χ0) is 17.2. The molecule has 1 aliphatic heterocycles. The summed E-state index contributed by atoms with van der Waals surface area (Å²) in [4.78, 5) is 19.0. The van der Waals surface area contributed by atoms with Gasteiger partial charge in [-0.05, 0) is 36.1 Å². The molecule has 2 aromatic heterocycles. The van der Waals surface area contributed by atoms with Gasteiger partial charge < -0.3 is 19.2 Å². The number of carbonyl (C=O) groups is 1. The smallest absolute Gasteiger partial charge is 0.226 e. The van der Waals surface area contributed by atoms with Gasteiger partial charge in [0.25, 0.3) is 0 Å². The van der Waals surface area contributed by atoms with Gasteiger partial charge in [0, 0.05) is 31.3 Å². The number of morpholine rings is 1. The topological polar surface area (TPSA) is 75.8 Å². The second kappa shape index (κ2) is 6.98.